The van der Waals surface area contributed by atoms with Gasteiger partial charge in [-0.2, -0.15) is 0 Å². The first-order valence-electron chi connectivity index (χ1n) is 9.96. The number of benzene rings is 2. The number of rotatable bonds is 11. The topological polar surface area (TPSA) is 69.0 Å². The van der Waals surface area contributed by atoms with E-state index in [2.05, 4.69) is 38.0 Å². The van der Waals surface area contributed by atoms with Crippen molar-refractivity contribution in [2.24, 2.45) is 0 Å². The Kier molecular flexibility index (Phi) is 8.73. The van der Waals surface area contributed by atoms with Gasteiger partial charge in [0.1, 0.15) is 11.6 Å². The standard InChI is InChI=1S/C23H25BrN4O2S/c1-3-13-28-21(10-7-14-30-20-12-11-18(24)15-17(20)2)26-27-23(28)31-16-22(29)25-19-8-5-4-6-9-19/h3-6,8-9,11-12,15H,1,7,10,13-14,16H2,2H3,(H,25,29). The quantitative estimate of drug-likeness (QED) is 0.220. The molecule has 0 atom stereocenters. The second kappa shape index (κ2) is 11.7. The fourth-order valence-corrected chi connectivity index (χ4v) is 4.20. The normalized spacial score (nSPS) is 10.6. The first-order chi connectivity index (χ1) is 15.1. The second-order valence-corrected chi connectivity index (χ2v) is 8.72. The Balaban J connectivity index is 1.52. The Morgan fingerprint density at radius 1 is 1.26 bits per heavy atom. The number of carbonyl (C=O) groups excluding carboxylic acids is 1. The molecular weight excluding hydrogens is 476 g/mol. The van der Waals surface area contributed by atoms with E-state index in [1.807, 2.05) is 66.1 Å². The monoisotopic (exact) mass is 500 g/mol. The molecule has 1 N–H and O–H groups in total. The molecule has 0 fully saturated rings. The fraction of sp³-hybridized carbons (Fsp3) is 0.261. The van der Waals surface area contributed by atoms with Crippen molar-refractivity contribution in [2.45, 2.75) is 31.5 Å². The minimum absolute atomic E-state index is 0.0795. The molecule has 2 aromatic carbocycles. The summed E-state index contributed by atoms with van der Waals surface area (Å²) in [5.41, 5.74) is 1.87. The lowest BCUT2D eigenvalue weighted by Crippen LogP contribution is -2.14. The van der Waals surface area contributed by atoms with Gasteiger partial charge < -0.3 is 14.6 Å². The number of anilines is 1. The average Bonchev–Trinajstić information content (AvgIpc) is 3.13. The molecular formula is C23H25BrN4O2S. The highest BCUT2D eigenvalue weighted by Gasteiger charge is 2.13. The van der Waals surface area contributed by atoms with Crippen LogP contribution in [0.15, 0.2) is 70.8 Å². The lowest BCUT2D eigenvalue weighted by molar-refractivity contribution is -0.113. The molecule has 0 unspecified atom stereocenters. The Labute approximate surface area is 195 Å². The highest BCUT2D eigenvalue weighted by Crippen LogP contribution is 2.23. The van der Waals surface area contributed by atoms with Gasteiger partial charge in [0.05, 0.1) is 12.4 Å². The van der Waals surface area contributed by atoms with Gasteiger partial charge in [0.2, 0.25) is 5.91 Å². The number of carbonyl (C=O) groups is 1. The molecule has 0 aliphatic carbocycles. The number of aromatic nitrogens is 3. The first kappa shape index (κ1) is 23.1. The lowest BCUT2D eigenvalue weighted by Gasteiger charge is -2.10. The SMILES string of the molecule is C=CCn1c(CCCOc2ccc(Br)cc2C)nnc1SCC(=O)Nc1ccccc1. The predicted molar refractivity (Wildman–Crippen MR) is 129 cm³/mol. The highest BCUT2D eigenvalue weighted by atomic mass is 79.9. The smallest absolute Gasteiger partial charge is 0.234 e. The van der Waals surface area contributed by atoms with E-state index in [1.54, 1.807) is 0 Å². The van der Waals surface area contributed by atoms with E-state index in [0.717, 1.165) is 40.1 Å². The molecule has 3 aromatic rings. The molecule has 1 amide bonds. The molecule has 0 saturated heterocycles. The number of hydrogen-bond donors (Lipinski definition) is 1. The van der Waals surface area contributed by atoms with Crippen molar-refractivity contribution < 1.29 is 9.53 Å². The fourth-order valence-electron chi connectivity index (χ4n) is 2.96. The molecule has 6 nitrogen and oxygen atoms in total. The molecule has 0 bridgehead atoms. The maximum Gasteiger partial charge on any atom is 0.234 e. The van der Waals surface area contributed by atoms with Crippen LogP contribution in [0.1, 0.15) is 17.8 Å². The minimum Gasteiger partial charge on any atom is -0.493 e. The van der Waals surface area contributed by atoms with Gasteiger partial charge in [0, 0.05) is 23.1 Å². The van der Waals surface area contributed by atoms with E-state index in [4.69, 9.17) is 4.74 Å². The number of allylic oxidation sites excluding steroid dienone is 1. The van der Waals surface area contributed by atoms with Gasteiger partial charge in [-0.15, -0.1) is 16.8 Å². The van der Waals surface area contributed by atoms with Crippen molar-refractivity contribution in [3.63, 3.8) is 0 Å². The van der Waals surface area contributed by atoms with E-state index in [0.29, 0.717) is 18.3 Å². The summed E-state index contributed by atoms with van der Waals surface area (Å²) in [6, 6.07) is 15.4. The van der Waals surface area contributed by atoms with Crippen LogP contribution < -0.4 is 10.1 Å². The third-order valence-electron chi connectivity index (χ3n) is 4.43. The molecule has 0 aliphatic rings. The van der Waals surface area contributed by atoms with Gasteiger partial charge in [-0.1, -0.05) is 52.0 Å². The number of hydrogen-bond acceptors (Lipinski definition) is 5. The van der Waals surface area contributed by atoms with Crippen LogP contribution in [0, 0.1) is 6.92 Å². The van der Waals surface area contributed by atoms with Crippen LogP contribution in [-0.4, -0.2) is 33.0 Å². The summed E-state index contributed by atoms with van der Waals surface area (Å²) in [6.07, 6.45) is 3.35. The molecule has 0 spiro atoms. The largest absolute Gasteiger partial charge is 0.493 e. The number of nitrogens with zero attached hydrogens (tertiary/aromatic N) is 3. The van der Waals surface area contributed by atoms with Crippen LogP contribution in [0.2, 0.25) is 0 Å². The number of thioether (sulfide) groups is 1. The first-order valence-corrected chi connectivity index (χ1v) is 11.7. The third kappa shape index (κ3) is 6.97. The molecule has 31 heavy (non-hydrogen) atoms. The number of ether oxygens (including phenoxy) is 1. The molecule has 0 aliphatic heterocycles. The van der Waals surface area contributed by atoms with Crippen molar-refractivity contribution in [1.82, 2.24) is 14.8 Å². The van der Waals surface area contributed by atoms with Crippen molar-refractivity contribution in [3.05, 3.63) is 77.0 Å². The Morgan fingerprint density at radius 2 is 2.06 bits per heavy atom. The van der Waals surface area contributed by atoms with Gasteiger partial charge in [0.25, 0.3) is 0 Å². The van der Waals surface area contributed by atoms with Crippen molar-refractivity contribution in [3.8, 4) is 5.75 Å². The van der Waals surface area contributed by atoms with Crippen molar-refractivity contribution in [2.75, 3.05) is 17.7 Å². The summed E-state index contributed by atoms with van der Waals surface area (Å²) in [5.74, 6) is 1.93. The maximum absolute atomic E-state index is 12.2. The summed E-state index contributed by atoms with van der Waals surface area (Å²) >= 11 is 4.83. The van der Waals surface area contributed by atoms with Gasteiger partial charge in [-0.25, -0.2) is 0 Å². The van der Waals surface area contributed by atoms with Crippen molar-refractivity contribution in [1.29, 1.82) is 0 Å². The third-order valence-corrected chi connectivity index (χ3v) is 5.89. The Morgan fingerprint density at radius 3 is 2.81 bits per heavy atom. The molecule has 8 heteroatoms. The van der Waals surface area contributed by atoms with Gasteiger partial charge in [-0.05, 0) is 49.2 Å². The number of amides is 1. The Hall–Kier alpha value is -2.58. The average molecular weight is 501 g/mol. The van der Waals surface area contributed by atoms with E-state index in [1.165, 1.54) is 11.8 Å². The summed E-state index contributed by atoms with van der Waals surface area (Å²) in [5, 5.41) is 12.2. The summed E-state index contributed by atoms with van der Waals surface area (Å²) in [6.45, 7) is 7.04. The van der Waals surface area contributed by atoms with Gasteiger partial charge in [0.15, 0.2) is 5.16 Å². The van der Waals surface area contributed by atoms with Crippen molar-refractivity contribution >= 4 is 39.3 Å². The second-order valence-electron chi connectivity index (χ2n) is 6.86. The van der Waals surface area contributed by atoms with E-state index >= 15 is 0 Å². The molecule has 3 rings (SSSR count). The van der Waals surface area contributed by atoms with E-state index < -0.39 is 0 Å². The molecule has 162 valence electrons. The number of halogens is 1. The van der Waals surface area contributed by atoms with Crippen LogP contribution in [0.25, 0.3) is 0 Å². The molecule has 0 saturated carbocycles. The summed E-state index contributed by atoms with van der Waals surface area (Å²) in [4.78, 5) is 12.2. The zero-order valence-corrected chi connectivity index (χ0v) is 19.8. The maximum atomic E-state index is 12.2. The van der Waals surface area contributed by atoms with E-state index in [9.17, 15) is 4.79 Å². The van der Waals surface area contributed by atoms with Crippen LogP contribution in [0.4, 0.5) is 5.69 Å². The number of nitrogens with one attached hydrogen (secondary N) is 1. The zero-order chi connectivity index (χ0) is 22.1. The van der Waals surface area contributed by atoms with Gasteiger partial charge in [-0.3, -0.25) is 4.79 Å². The lowest BCUT2D eigenvalue weighted by atomic mass is 10.2. The Bertz CT molecular complexity index is 1020. The molecule has 0 radical (unpaired) electrons. The molecule has 1 aromatic heterocycles. The zero-order valence-electron chi connectivity index (χ0n) is 17.4. The van der Waals surface area contributed by atoms with Crippen LogP contribution in [0.3, 0.4) is 0 Å². The van der Waals surface area contributed by atoms with Crippen LogP contribution >= 0.6 is 27.7 Å². The predicted octanol–water partition coefficient (Wildman–Crippen LogP) is 5.28. The van der Waals surface area contributed by atoms with Crippen LogP contribution in [0.5, 0.6) is 5.75 Å². The van der Waals surface area contributed by atoms with Gasteiger partial charge >= 0.3 is 0 Å². The molecule has 1 heterocycles. The number of aryl methyl sites for hydroxylation is 2. The summed E-state index contributed by atoms with van der Waals surface area (Å²) < 4.78 is 8.94. The highest BCUT2D eigenvalue weighted by molar-refractivity contribution is 9.10. The summed E-state index contributed by atoms with van der Waals surface area (Å²) in [7, 11) is 0. The number of para-hydroxylation sites is 1. The minimum atomic E-state index is -0.0795. The van der Waals surface area contributed by atoms with Crippen LogP contribution in [-0.2, 0) is 17.8 Å². The van der Waals surface area contributed by atoms with E-state index in [-0.39, 0.29) is 11.7 Å².